The summed E-state index contributed by atoms with van der Waals surface area (Å²) in [6.07, 6.45) is 0. The number of thiophene rings is 1. The smallest absolute Gasteiger partial charge is 0.351 e. The number of nitrogens with zero attached hydrogens (tertiary/aromatic N) is 1. The van der Waals surface area contributed by atoms with Crippen LogP contribution in [0.15, 0.2) is 6.07 Å². The van der Waals surface area contributed by atoms with Crippen molar-refractivity contribution in [3.63, 3.8) is 0 Å². The van der Waals surface area contributed by atoms with Crippen LogP contribution in [0.25, 0.3) is 0 Å². The van der Waals surface area contributed by atoms with Crippen molar-refractivity contribution in [2.75, 3.05) is 12.4 Å². The van der Waals surface area contributed by atoms with Crippen molar-refractivity contribution in [1.29, 1.82) is 0 Å². The Hall–Kier alpha value is -1.11. The van der Waals surface area contributed by atoms with E-state index in [4.69, 9.17) is 11.6 Å². The number of halogens is 1. The van der Waals surface area contributed by atoms with Gasteiger partial charge in [-0.15, -0.1) is 11.3 Å². The maximum absolute atomic E-state index is 11.4. The number of hydrogen-bond acceptors (Lipinski definition) is 6. The fourth-order valence-electron chi connectivity index (χ4n) is 1.50. The quantitative estimate of drug-likeness (QED) is 0.870. The maximum atomic E-state index is 11.4. The molecule has 0 aliphatic heterocycles. The Bertz CT molecular complexity index is 587. The van der Waals surface area contributed by atoms with Crippen molar-refractivity contribution >= 4 is 45.4 Å². The monoisotopic (exact) mass is 316 g/mol. The van der Waals surface area contributed by atoms with E-state index in [1.807, 2.05) is 0 Å². The fourth-order valence-corrected chi connectivity index (χ4v) is 3.59. The first-order chi connectivity index (χ1) is 9.01. The van der Waals surface area contributed by atoms with Crippen molar-refractivity contribution in [2.24, 2.45) is 0 Å². The van der Waals surface area contributed by atoms with E-state index >= 15 is 0 Å². The van der Waals surface area contributed by atoms with Gasteiger partial charge in [-0.1, -0.05) is 22.9 Å². The topological polar surface area (TPSA) is 51.2 Å². The van der Waals surface area contributed by atoms with Gasteiger partial charge in [0.05, 0.1) is 13.7 Å². The minimum absolute atomic E-state index is 0.179. The number of thiazole rings is 1. The zero-order valence-corrected chi connectivity index (χ0v) is 13.1. The molecule has 0 aromatic carbocycles. The molecule has 0 spiro atoms. The highest BCUT2D eigenvalue weighted by Gasteiger charge is 2.17. The lowest BCUT2D eigenvalue weighted by molar-refractivity contribution is 0.0606. The molecule has 0 unspecified atom stereocenters. The summed E-state index contributed by atoms with van der Waals surface area (Å²) in [6, 6.07) is 2.14. The summed E-state index contributed by atoms with van der Waals surface area (Å²) in [6.45, 7) is 4.86. The number of anilines is 1. The second-order valence-corrected chi connectivity index (χ2v) is 6.63. The highest BCUT2D eigenvalue weighted by Crippen LogP contribution is 2.28. The Morgan fingerprint density at radius 3 is 2.79 bits per heavy atom. The van der Waals surface area contributed by atoms with Gasteiger partial charge in [0.25, 0.3) is 0 Å². The van der Waals surface area contributed by atoms with Crippen LogP contribution in [0, 0.1) is 13.8 Å². The molecule has 0 saturated carbocycles. The number of esters is 1. The van der Waals surface area contributed by atoms with Gasteiger partial charge in [-0.3, -0.25) is 0 Å². The van der Waals surface area contributed by atoms with Crippen molar-refractivity contribution in [3.05, 3.63) is 31.4 Å². The van der Waals surface area contributed by atoms with Gasteiger partial charge in [0.1, 0.15) is 0 Å². The molecule has 0 aliphatic carbocycles. The Kier molecular flexibility index (Phi) is 4.44. The minimum atomic E-state index is -0.460. The average Bonchev–Trinajstić information content (AvgIpc) is 2.90. The Morgan fingerprint density at radius 1 is 1.47 bits per heavy atom. The maximum Gasteiger partial charge on any atom is 0.351 e. The van der Waals surface area contributed by atoms with Gasteiger partial charge in [-0.2, -0.15) is 0 Å². The second-order valence-electron chi connectivity index (χ2n) is 3.94. The van der Waals surface area contributed by atoms with E-state index < -0.39 is 5.97 Å². The molecular weight excluding hydrogens is 304 g/mol. The predicted octanol–water partition coefficient (Wildman–Crippen LogP) is 3.87. The molecule has 19 heavy (non-hydrogen) atoms. The normalized spacial score (nSPS) is 10.5. The molecule has 1 N–H and O–H groups in total. The molecule has 0 aliphatic rings. The standard InChI is InChI=1S/C12H13ClN2O2S2/c1-6-4-8(18-7(6)2)5-14-12-15-10(13)9(19-12)11(16)17-3/h4H,5H2,1-3H3,(H,14,15). The van der Waals surface area contributed by atoms with Crippen LogP contribution in [0.4, 0.5) is 5.13 Å². The van der Waals surface area contributed by atoms with E-state index in [2.05, 4.69) is 35.0 Å². The zero-order valence-electron chi connectivity index (χ0n) is 10.7. The molecule has 4 nitrogen and oxygen atoms in total. The van der Waals surface area contributed by atoms with Gasteiger partial charge >= 0.3 is 5.97 Å². The van der Waals surface area contributed by atoms with Crippen molar-refractivity contribution in [1.82, 2.24) is 4.98 Å². The molecule has 0 fully saturated rings. The molecule has 0 saturated heterocycles. The van der Waals surface area contributed by atoms with Crippen LogP contribution >= 0.6 is 34.3 Å². The first-order valence-electron chi connectivity index (χ1n) is 5.55. The first kappa shape index (κ1) is 14.3. The number of ether oxygens (including phenoxy) is 1. The molecule has 0 atom stereocenters. The molecule has 0 amide bonds. The van der Waals surface area contributed by atoms with Crippen LogP contribution < -0.4 is 5.32 Å². The van der Waals surface area contributed by atoms with E-state index in [-0.39, 0.29) is 5.15 Å². The highest BCUT2D eigenvalue weighted by atomic mass is 35.5. The largest absolute Gasteiger partial charge is 0.465 e. The summed E-state index contributed by atoms with van der Waals surface area (Å²) in [4.78, 5) is 18.4. The van der Waals surface area contributed by atoms with Gasteiger partial charge in [-0.25, -0.2) is 9.78 Å². The lowest BCUT2D eigenvalue weighted by atomic mass is 10.3. The Labute approximate surface area is 124 Å². The predicted molar refractivity (Wildman–Crippen MR) is 79.6 cm³/mol. The summed E-state index contributed by atoms with van der Waals surface area (Å²) < 4.78 is 4.63. The number of nitrogens with one attached hydrogen (secondary N) is 1. The Morgan fingerprint density at radius 2 is 2.21 bits per heavy atom. The molecule has 2 rings (SSSR count). The average molecular weight is 317 g/mol. The third-order valence-electron chi connectivity index (χ3n) is 2.59. The first-order valence-corrected chi connectivity index (χ1v) is 7.56. The highest BCUT2D eigenvalue weighted by molar-refractivity contribution is 7.18. The van der Waals surface area contributed by atoms with Gasteiger partial charge in [0.15, 0.2) is 15.2 Å². The molecular formula is C12H13ClN2O2S2. The van der Waals surface area contributed by atoms with Crippen LogP contribution in [0.3, 0.4) is 0 Å². The van der Waals surface area contributed by atoms with Gasteiger partial charge in [0, 0.05) is 9.75 Å². The second kappa shape index (κ2) is 5.90. The number of carbonyl (C=O) groups excluding carboxylic acids is 1. The third-order valence-corrected chi connectivity index (χ3v) is 5.12. The number of methoxy groups -OCH3 is 1. The van der Waals surface area contributed by atoms with E-state index in [1.165, 1.54) is 33.8 Å². The number of hydrogen-bond donors (Lipinski definition) is 1. The van der Waals surface area contributed by atoms with Crippen LogP contribution in [-0.2, 0) is 11.3 Å². The van der Waals surface area contributed by atoms with Gasteiger partial charge in [0.2, 0.25) is 0 Å². The van der Waals surface area contributed by atoms with Crippen LogP contribution in [0.2, 0.25) is 5.15 Å². The summed E-state index contributed by atoms with van der Waals surface area (Å²) in [5.74, 6) is -0.460. The SMILES string of the molecule is COC(=O)c1sc(NCc2cc(C)c(C)s2)nc1Cl. The van der Waals surface area contributed by atoms with Crippen LogP contribution in [0.1, 0.15) is 25.0 Å². The summed E-state index contributed by atoms with van der Waals surface area (Å²) >= 11 is 8.83. The summed E-state index contributed by atoms with van der Waals surface area (Å²) in [5, 5.41) is 3.97. The molecule has 2 aromatic heterocycles. The lowest BCUT2D eigenvalue weighted by Gasteiger charge is -1.98. The van der Waals surface area contributed by atoms with Gasteiger partial charge in [-0.05, 0) is 25.5 Å². The van der Waals surface area contributed by atoms with E-state index in [9.17, 15) is 4.79 Å². The molecule has 0 bridgehead atoms. The number of aryl methyl sites for hydroxylation is 2. The molecule has 2 heterocycles. The molecule has 102 valence electrons. The summed E-state index contributed by atoms with van der Waals surface area (Å²) in [7, 11) is 1.32. The van der Waals surface area contributed by atoms with Crippen LogP contribution in [-0.4, -0.2) is 18.1 Å². The van der Waals surface area contributed by atoms with Crippen LogP contribution in [0.5, 0.6) is 0 Å². The third kappa shape index (κ3) is 3.26. The molecule has 2 aromatic rings. The van der Waals surface area contributed by atoms with Gasteiger partial charge < -0.3 is 10.1 Å². The lowest BCUT2D eigenvalue weighted by Crippen LogP contribution is -1.98. The van der Waals surface area contributed by atoms with E-state index in [1.54, 1.807) is 11.3 Å². The Balaban J connectivity index is 2.06. The van der Waals surface area contributed by atoms with Crippen molar-refractivity contribution < 1.29 is 9.53 Å². The van der Waals surface area contributed by atoms with E-state index in [0.29, 0.717) is 16.6 Å². The van der Waals surface area contributed by atoms with Crippen molar-refractivity contribution in [2.45, 2.75) is 20.4 Å². The number of carbonyl (C=O) groups is 1. The fraction of sp³-hybridized carbons (Fsp3) is 0.333. The van der Waals surface area contributed by atoms with Crippen molar-refractivity contribution in [3.8, 4) is 0 Å². The molecule has 7 heteroatoms. The number of rotatable bonds is 4. The zero-order chi connectivity index (χ0) is 14.0. The minimum Gasteiger partial charge on any atom is -0.465 e. The molecule has 0 radical (unpaired) electrons. The van der Waals surface area contributed by atoms with E-state index in [0.717, 1.165) is 0 Å². The summed E-state index contributed by atoms with van der Waals surface area (Å²) in [5.41, 5.74) is 1.29. The number of aromatic nitrogens is 1.